The van der Waals surface area contributed by atoms with E-state index in [1.807, 2.05) is 37.3 Å². The van der Waals surface area contributed by atoms with Crippen LogP contribution < -0.4 is 0 Å². The van der Waals surface area contributed by atoms with Gasteiger partial charge in [0.15, 0.2) is 0 Å². The van der Waals surface area contributed by atoms with Gasteiger partial charge in [0.25, 0.3) is 0 Å². The molecule has 1 aliphatic rings. The SMILES string of the molecule is CC1=C(C)C[C@](SC#N)(c2ccccc2)[S@@](=O)C1. The number of rotatable bonds is 2. The molecule has 0 aliphatic carbocycles. The summed E-state index contributed by atoms with van der Waals surface area (Å²) in [6.07, 6.45) is 0.688. The predicted molar refractivity (Wildman–Crippen MR) is 77.3 cm³/mol. The number of allylic oxidation sites excluding steroid dienone is 1. The minimum Gasteiger partial charge on any atom is -0.257 e. The second-order valence-electron chi connectivity index (χ2n) is 4.54. The molecule has 4 heteroatoms. The summed E-state index contributed by atoms with van der Waals surface area (Å²) in [4.78, 5) is 0. The fourth-order valence-corrected chi connectivity index (χ4v) is 5.16. The van der Waals surface area contributed by atoms with Crippen LogP contribution >= 0.6 is 11.8 Å². The third-order valence-corrected chi connectivity index (χ3v) is 6.79. The van der Waals surface area contributed by atoms with Gasteiger partial charge in [-0.15, -0.1) is 0 Å². The van der Waals surface area contributed by atoms with Crippen molar-refractivity contribution in [2.24, 2.45) is 0 Å². The Morgan fingerprint density at radius 1 is 1.28 bits per heavy atom. The van der Waals surface area contributed by atoms with E-state index in [1.54, 1.807) is 0 Å². The molecule has 0 saturated carbocycles. The fourth-order valence-electron chi connectivity index (χ4n) is 2.16. The number of nitriles is 1. The van der Waals surface area contributed by atoms with Crippen molar-refractivity contribution in [2.45, 2.75) is 24.3 Å². The Bertz CT molecular complexity index is 545. The lowest BCUT2D eigenvalue weighted by atomic mass is 10.0. The Balaban J connectivity index is 2.53. The molecule has 0 unspecified atom stereocenters. The lowest BCUT2D eigenvalue weighted by Gasteiger charge is -2.35. The van der Waals surface area contributed by atoms with Gasteiger partial charge < -0.3 is 0 Å². The second-order valence-corrected chi connectivity index (χ2v) is 7.56. The third-order valence-electron chi connectivity index (χ3n) is 3.37. The molecular weight excluding hydrogens is 262 g/mol. The molecule has 0 radical (unpaired) electrons. The van der Waals surface area contributed by atoms with E-state index in [0.29, 0.717) is 12.2 Å². The van der Waals surface area contributed by atoms with E-state index in [1.165, 1.54) is 11.1 Å². The zero-order valence-electron chi connectivity index (χ0n) is 10.5. The minimum absolute atomic E-state index is 0.565. The quantitative estimate of drug-likeness (QED) is 0.613. The highest BCUT2D eigenvalue weighted by atomic mass is 32.2. The topological polar surface area (TPSA) is 40.9 Å². The molecule has 1 aliphatic heterocycles. The number of hydrogen-bond acceptors (Lipinski definition) is 3. The molecule has 0 amide bonds. The highest BCUT2D eigenvalue weighted by molar-refractivity contribution is 8.14. The van der Waals surface area contributed by atoms with Gasteiger partial charge in [0.05, 0.1) is 0 Å². The first kappa shape index (κ1) is 13.4. The van der Waals surface area contributed by atoms with E-state index in [-0.39, 0.29) is 0 Å². The maximum absolute atomic E-state index is 12.6. The van der Waals surface area contributed by atoms with E-state index < -0.39 is 14.9 Å². The maximum Gasteiger partial charge on any atom is 0.135 e. The number of benzene rings is 1. The van der Waals surface area contributed by atoms with Crippen molar-refractivity contribution < 1.29 is 4.21 Å². The molecule has 2 nitrogen and oxygen atoms in total. The van der Waals surface area contributed by atoms with Gasteiger partial charge in [0.1, 0.15) is 9.48 Å². The van der Waals surface area contributed by atoms with Crippen LogP contribution in [0.2, 0.25) is 0 Å². The second kappa shape index (κ2) is 5.29. The van der Waals surface area contributed by atoms with Gasteiger partial charge in [0.2, 0.25) is 0 Å². The van der Waals surface area contributed by atoms with E-state index in [4.69, 9.17) is 5.26 Å². The summed E-state index contributed by atoms with van der Waals surface area (Å²) < 4.78 is 12.0. The summed E-state index contributed by atoms with van der Waals surface area (Å²) in [5.74, 6) is 0.565. The molecule has 2 atom stereocenters. The Morgan fingerprint density at radius 2 is 1.94 bits per heavy atom. The monoisotopic (exact) mass is 277 g/mol. The Kier molecular flexibility index (Phi) is 3.94. The first-order valence-corrected chi connectivity index (χ1v) is 7.90. The van der Waals surface area contributed by atoms with E-state index >= 15 is 0 Å². The summed E-state index contributed by atoms with van der Waals surface area (Å²) in [5, 5.41) is 11.2. The molecule has 0 N–H and O–H groups in total. The van der Waals surface area contributed by atoms with Crippen LogP contribution in [0.25, 0.3) is 0 Å². The smallest absolute Gasteiger partial charge is 0.135 e. The summed E-state index contributed by atoms with van der Waals surface area (Å²) in [5.41, 5.74) is 3.43. The van der Waals surface area contributed by atoms with Crippen LogP contribution in [0.3, 0.4) is 0 Å². The normalized spacial score (nSPS) is 27.9. The summed E-state index contributed by atoms with van der Waals surface area (Å²) in [6, 6.07) is 9.75. The lowest BCUT2D eigenvalue weighted by molar-refractivity contribution is 0.658. The van der Waals surface area contributed by atoms with Gasteiger partial charge in [-0.1, -0.05) is 41.5 Å². The molecular formula is C14H15NOS2. The minimum atomic E-state index is -1.06. The maximum atomic E-state index is 12.6. The highest BCUT2D eigenvalue weighted by Crippen LogP contribution is 2.47. The van der Waals surface area contributed by atoms with Crippen molar-refractivity contribution in [1.82, 2.24) is 0 Å². The van der Waals surface area contributed by atoms with Gasteiger partial charge in [-0.05, 0) is 37.6 Å². The van der Waals surface area contributed by atoms with Crippen LogP contribution in [-0.2, 0) is 14.9 Å². The zero-order chi connectivity index (χ0) is 13.2. The van der Waals surface area contributed by atoms with Crippen molar-refractivity contribution >= 4 is 22.6 Å². The molecule has 0 saturated heterocycles. The largest absolute Gasteiger partial charge is 0.257 e. The first-order valence-electron chi connectivity index (χ1n) is 5.76. The molecule has 1 aromatic carbocycles. The molecule has 18 heavy (non-hydrogen) atoms. The van der Waals surface area contributed by atoms with Crippen molar-refractivity contribution in [3.05, 3.63) is 47.0 Å². The summed E-state index contributed by atoms with van der Waals surface area (Å²) in [6.45, 7) is 4.10. The van der Waals surface area contributed by atoms with Crippen LogP contribution in [0.15, 0.2) is 41.5 Å². The van der Waals surface area contributed by atoms with Crippen molar-refractivity contribution in [3.8, 4) is 5.40 Å². The number of hydrogen-bond donors (Lipinski definition) is 0. The van der Waals surface area contributed by atoms with Crippen LogP contribution in [0.4, 0.5) is 0 Å². The molecule has 0 bridgehead atoms. The van der Waals surface area contributed by atoms with E-state index in [9.17, 15) is 4.21 Å². The lowest BCUT2D eigenvalue weighted by Crippen LogP contribution is -2.33. The van der Waals surface area contributed by atoms with Gasteiger partial charge in [-0.3, -0.25) is 4.21 Å². The van der Waals surface area contributed by atoms with Gasteiger partial charge in [-0.2, -0.15) is 5.26 Å². The molecule has 0 fully saturated rings. The standard InChI is InChI=1S/C14H15NOS2/c1-11-8-14(17-10-15,18(16)9-12(11)2)13-6-4-3-5-7-13/h3-7H,8-9H2,1-2H3/t14-,18+/m1/s1. The molecule has 2 rings (SSSR count). The predicted octanol–water partition coefficient (Wildman–Crippen LogP) is 3.54. The van der Waals surface area contributed by atoms with Crippen LogP contribution in [0.5, 0.6) is 0 Å². The first-order chi connectivity index (χ1) is 8.60. The van der Waals surface area contributed by atoms with Crippen molar-refractivity contribution in [3.63, 3.8) is 0 Å². The summed E-state index contributed by atoms with van der Waals surface area (Å²) in [7, 11) is -1.06. The average Bonchev–Trinajstić information content (AvgIpc) is 2.37. The van der Waals surface area contributed by atoms with Crippen LogP contribution in [-0.4, -0.2) is 9.96 Å². The van der Waals surface area contributed by atoms with Crippen LogP contribution in [0, 0.1) is 10.7 Å². The van der Waals surface area contributed by atoms with E-state index in [0.717, 1.165) is 17.3 Å². The molecule has 0 spiro atoms. The van der Waals surface area contributed by atoms with Crippen LogP contribution in [0.1, 0.15) is 25.8 Å². The molecule has 94 valence electrons. The highest BCUT2D eigenvalue weighted by Gasteiger charge is 2.42. The number of nitrogens with zero attached hydrogens (tertiary/aromatic N) is 1. The average molecular weight is 277 g/mol. The zero-order valence-corrected chi connectivity index (χ0v) is 12.1. The molecule has 0 aromatic heterocycles. The van der Waals surface area contributed by atoms with Crippen molar-refractivity contribution in [1.29, 1.82) is 5.26 Å². The third kappa shape index (κ3) is 2.25. The molecule has 1 aromatic rings. The Hall–Kier alpha value is -1.05. The Morgan fingerprint density at radius 3 is 2.56 bits per heavy atom. The van der Waals surface area contributed by atoms with Gasteiger partial charge >= 0.3 is 0 Å². The van der Waals surface area contributed by atoms with Gasteiger partial charge in [0, 0.05) is 16.6 Å². The van der Waals surface area contributed by atoms with E-state index in [2.05, 4.69) is 12.3 Å². The fraction of sp³-hybridized carbons (Fsp3) is 0.357. The molecule has 1 heterocycles. The van der Waals surface area contributed by atoms with Gasteiger partial charge in [-0.25, -0.2) is 0 Å². The van der Waals surface area contributed by atoms with Crippen molar-refractivity contribution in [2.75, 3.05) is 5.75 Å². The number of thiocyanates is 1. The number of thioether (sulfide) groups is 1. The summed E-state index contributed by atoms with van der Waals surface area (Å²) >= 11 is 1.14. The Labute approximate surface area is 115 Å².